The van der Waals surface area contributed by atoms with Crippen molar-refractivity contribution in [1.82, 2.24) is 0 Å². The molecule has 2 aromatic rings. The molecule has 2 N–H and O–H groups in total. The Morgan fingerprint density at radius 3 is 2.62 bits per heavy atom. The van der Waals surface area contributed by atoms with Crippen LogP contribution in [-0.2, 0) is 11.4 Å². The van der Waals surface area contributed by atoms with Crippen LogP contribution >= 0.6 is 23.4 Å². The lowest BCUT2D eigenvalue weighted by molar-refractivity contribution is -0.115. The SMILES string of the molecule is O=C(CCSc1ccccc1Cl)Nc1ccccc1CO. The summed E-state index contributed by atoms with van der Waals surface area (Å²) in [4.78, 5) is 12.9. The Morgan fingerprint density at radius 2 is 1.86 bits per heavy atom. The normalized spacial score (nSPS) is 10.4. The Labute approximate surface area is 133 Å². The van der Waals surface area contributed by atoms with Crippen LogP contribution in [-0.4, -0.2) is 16.8 Å². The fourth-order valence-electron chi connectivity index (χ4n) is 1.81. The average molecular weight is 322 g/mol. The molecule has 21 heavy (non-hydrogen) atoms. The molecule has 0 heterocycles. The first kappa shape index (κ1) is 15.9. The van der Waals surface area contributed by atoms with Crippen molar-refractivity contribution in [2.45, 2.75) is 17.9 Å². The van der Waals surface area contributed by atoms with Crippen molar-refractivity contribution < 1.29 is 9.90 Å². The number of anilines is 1. The van der Waals surface area contributed by atoms with Crippen LogP contribution < -0.4 is 5.32 Å². The summed E-state index contributed by atoms with van der Waals surface area (Å²) in [5, 5.41) is 12.7. The Balaban J connectivity index is 1.84. The van der Waals surface area contributed by atoms with Crippen LogP contribution in [0.2, 0.25) is 5.02 Å². The van der Waals surface area contributed by atoms with E-state index in [0.717, 1.165) is 4.90 Å². The molecule has 0 aliphatic heterocycles. The van der Waals surface area contributed by atoms with E-state index in [-0.39, 0.29) is 12.5 Å². The highest BCUT2D eigenvalue weighted by Gasteiger charge is 2.07. The van der Waals surface area contributed by atoms with Crippen LogP contribution in [0.4, 0.5) is 5.69 Å². The zero-order chi connectivity index (χ0) is 15.1. The molecule has 0 radical (unpaired) electrons. The Morgan fingerprint density at radius 1 is 1.14 bits per heavy atom. The highest BCUT2D eigenvalue weighted by Crippen LogP contribution is 2.27. The predicted molar refractivity (Wildman–Crippen MR) is 87.8 cm³/mol. The first-order valence-electron chi connectivity index (χ1n) is 6.56. The van der Waals surface area contributed by atoms with Crippen molar-refractivity contribution >= 4 is 35.0 Å². The number of carbonyl (C=O) groups excluding carboxylic acids is 1. The van der Waals surface area contributed by atoms with Gasteiger partial charge in [-0.25, -0.2) is 0 Å². The van der Waals surface area contributed by atoms with Crippen LogP contribution in [0.25, 0.3) is 0 Å². The molecule has 0 aliphatic rings. The standard InChI is InChI=1S/C16H16ClNO2S/c17-13-6-2-4-8-15(13)21-10-9-16(20)18-14-7-3-1-5-12(14)11-19/h1-8,19H,9-11H2,(H,18,20). The van der Waals surface area contributed by atoms with Gasteiger partial charge in [0, 0.05) is 28.3 Å². The third kappa shape index (κ3) is 4.77. The number of amides is 1. The third-order valence-corrected chi connectivity index (χ3v) is 4.40. The van der Waals surface area contributed by atoms with Gasteiger partial charge in [-0.15, -0.1) is 11.8 Å². The second-order valence-electron chi connectivity index (χ2n) is 4.39. The second-order valence-corrected chi connectivity index (χ2v) is 5.94. The maximum absolute atomic E-state index is 11.9. The van der Waals surface area contributed by atoms with Gasteiger partial charge in [0.25, 0.3) is 0 Å². The van der Waals surface area contributed by atoms with E-state index >= 15 is 0 Å². The number of aliphatic hydroxyl groups is 1. The second kappa shape index (κ2) is 8.08. The largest absolute Gasteiger partial charge is 0.392 e. The zero-order valence-corrected chi connectivity index (χ0v) is 13.0. The smallest absolute Gasteiger partial charge is 0.225 e. The number of benzene rings is 2. The topological polar surface area (TPSA) is 49.3 Å². The van der Waals surface area contributed by atoms with Gasteiger partial charge >= 0.3 is 0 Å². The number of hydrogen-bond donors (Lipinski definition) is 2. The number of hydrogen-bond acceptors (Lipinski definition) is 3. The molecular formula is C16H16ClNO2S. The molecule has 1 amide bonds. The molecule has 0 aliphatic carbocycles. The van der Waals surface area contributed by atoms with E-state index in [9.17, 15) is 9.90 Å². The summed E-state index contributed by atoms with van der Waals surface area (Å²) in [6.07, 6.45) is 0.385. The molecule has 110 valence electrons. The molecule has 0 aromatic heterocycles. The van der Waals surface area contributed by atoms with Gasteiger partial charge in [-0.2, -0.15) is 0 Å². The number of halogens is 1. The van der Waals surface area contributed by atoms with E-state index in [1.807, 2.05) is 36.4 Å². The van der Waals surface area contributed by atoms with Crippen molar-refractivity contribution in [3.05, 3.63) is 59.1 Å². The fraction of sp³-hybridized carbons (Fsp3) is 0.188. The molecule has 0 saturated carbocycles. The van der Waals surface area contributed by atoms with Crippen molar-refractivity contribution in [1.29, 1.82) is 0 Å². The van der Waals surface area contributed by atoms with E-state index < -0.39 is 0 Å². The average Bonchev–Trinajstić information content (AvgIpc) is 2.50. The first-order valence-corrected chi connectivity index (χ1v) is 7.93. The molecule has 0 atom stereocenters. The van der Waals surface area contributed by atoms with E-state index in [2.05, 4.69) is 5.32 Å². The molecule has 2 rings (SSSR count). The van der Waals surface area contributed by atoms with Crippen LogP contribution in [0.3, 0.4) is 0 Å². The fourth-order valence-corrected chi connectivity index (χ4v) is 3.00. The van der Waals surface area contributed by atoms with Gasteiger partial charge in [-0.3, -0.25) is 4.79 Å². The number of rotatable bonds is 6. The summed E-state index contributed by atoms with van der Waals surface area (Å²) in [7, 11) is 0. The van der Waals surface area contributed by atoms with Crippen LogP contribution in [0, 0.1) is 0 Å². The lowest BCUT2D eigenvalue weighted by Crippen LogP contribution is -2.13. The third-order valence-electron chi connectivity index (χ3n) is 2.89. The molecule has 5 heteroatoms. The summed E-state index contributed by atoms with van der Waals surface area (Å²) in [6, 6.07) is 14.8. The minimum absolute atomic E-state index is 0.0737. The molecule has 0 saturated heterocycles. The zero-order valence-electron chi connectivity index (χ0n) is 11.4. The lowest BCUT2D eigenvalue weighted by atomic mass is 10.2. The number of aliphatic hydroxyl groups excluding tert-OH is 1. The summed E-state index contributed by atoms with van der Waals surface area (Å²) >= 11 is 7.61. The molecule has 0 unspecified atom stereocenters. The van der Waals surface area contributed by atoms with Crippen molar-refractivity contribution in [3.8, 4) is 0 Å². The molecule has 0 bridgehead atoms. The minimum Gasteiger partial charge on any atom is -0.392 e. The highest BCUT2D eigenvalue weighted by atomic mass is 35.5. The quantitative estimate of drug-likeness (QED) is 0.792. The van der Waals surface area contributed by atoms with Gasteiger partial charge in [0.15, 0.2) is 0 Å². The predicted octanol–water partition coefficient (Wildman–Crippen LogP) is 3.95. The summed E-state index contributed by atoms with van der Waals surface area (Å²) in [5.41, 5.74) is 1.37. The number of nitrogens with one attached hydrogen (secondary N) is 1. The summed E-state index contributed by atoms with van der Waals surface area (Å²) < 4.78 is 0. The van der Waals surface area contributed by atoms with Gasteiger partial charge < -0.3 is 10.4 Å². The van der Waals surface area contributed by atoms with Crippen LogP contribution in [0.15, 0.2) is 53.4 Å². The van der Waals surface area contributed by atoms with Crippen LogP contribution in [0.1, 0.15) is 12.0 Å². The van der Waals surface area contributed by atoms with Crippen molar-refractivity contribution in [3.63, 3.8) is 0 Å². The van der Waals surface area contributed by atoms with Crippen molar-refractivity contribution in [2.75, 3.05) is 11.1 Å². The number of thioether (sulfide) groups is 1. The Hall–Kier alpha value is -1.49. The Bertz CT molecular complexity index is 619. The highest BCUT2D eigenvalue weighted by molar-refractivity contribution is 7.99. The minimum atomic E-state index is -0.0924. The van der Waals surface area contributed by atoms with Crippen LogP contribution in [0.5, 0.6) is 0 Å². The van der Waals surface area contributed by atoms with Gasteiger partial charge in [0.1, 0.15) is 0 Å². The molecule has 3 nitrogen and oxygen atoms in total. The maximum Gasteiger partial charge on any atom is 0.225 e. The molecule has 2 aromatic carbocycles. The number of para-hydroxylation sites is 1. The summed E-state index contributed by atoms with van der Waals surface area (Å²) in [5.74, 6) is 0.576. The molecule has 0 fully saturated rings. The monoisotopic (exact) mass is 321 g/mol. The van der Waals surface area contributed by atoms with Crippen molar-refractivity contribution in [2.24, 2.45) is 0 Å². The van der Waals surface area contributed by atoms with E-state index in [1.54, 1.807) is 23.9 Å². The number of carbonyl (C=O) groups is 1. The maximum atomic E-state index is 11.9. The van der Waals surface area contributed by atoms with Gasteiger partial charge in [-0.1, -0.05) is 41.9 Å². The van der Waals surface area contributed by atoms with Gasteiger partial charge in [0.2, 0.25) is 5.91 Å². The van der Waals surface area contributed by atoms with E-state index in [1.165, 1.54) is 0 Å². The molecular weight excluding hydrogens is 306 g/mol. The first-order chi connectivity index (χ1) is 10.2. The van der Waals surface area contributed by atoms with Gasteiger partial charge in [-0.05, 0) is 18.2 Å². The van der Waals surface area contributed by atoms with Gasteiger partial charge in [0.05, 0.1) is 11.6 Å². The Kier molecular flexibility index (Phi) is 6.11. The lowest BCUT2D eigenvalue weighted by Gasteiger charge is -2.09. The van der Waals surface area contributed by atoms with E-state index in [0.29, 0.717) is 28.4 Å². The molecule has 0 spiro atoms. The van der Waals surface area contributed by atoms with E-state index in [4.69, 9.17) is 11.6 Å². The summed E-state index contributed by atoms with van der Waals surface area (Å²) in [6.45, 7) is -0.0924.